The molecule has 3 heterocycles. The molecule has 42 heavy (non-hydrogen) atoms. The summed E-state index contributed by atoms with van der Waals surface area (Å²) < 4.78 is 1.99. The quantitative estimate of drug-likeness (QED) is 0.0891. The third kappa shape index (κ3) is 4.31. The van der Waals surface area contributed by atoms with E-state index in [9.17, 15) is 10.1 Å². The molecule has 0 fully saturated rings. The molecule has 0 N–H and O–H groups in total. The molecule has 0 amide bonds. The number of hydrogen-bond acceptors (Lipinski definition) is 5. The summed E-state index contributed by atoms with van der Waals surface area (Å²) >= 11 is -0.195. The summed E-state index contributed by atoms with van der Waals surface area (Å²) in [7, 11) is 0. The van der Waals surface area contributed by atoms with Crippen molar-refractivity contribution in [2.24, 2.45) is 0 Å². The van der Waals surface area contributed by atoms with Gasteiger partial charge in [0.05, 0.1) is 0 Å². The second kappa shape index (κ2) is 10.4. The van der Waals surface area contributed by atoms with E-state index in [0.717, 1.165) is 36.7 Å². The molecule has 3 aromatic carbocycles. The molecule has 3 aromatic heterocycles. The number of nitriles is 1. The van der Waals surface area contributed by atoms with Crippen molar-refractivity contribution in [1.29, 1.82) is 5.26 Å². The van der Waals surface area contributed by atoms with Crippen LogP contribution in [0.15, 0.2) is 121 Å². The van der Waals surface area contributed by atoms with E-state index in [1.807, 2.05) is 78.9 Å². The summed E-state index contributed by atoms with van der Waals surface area (Å²) in [5.41, 5.74) is 3.06. The Kier molecular flexibility index (Phi) is 6.30. The van der Waals surface area contributed by atoms with Gasteiger partial charge >= 0.3 is 248 Å². The van der Waals surface area contributed by atoms with Crippen molar-refractivity contribution in [1.82, 2.24) is 9.97 Å². The Morgan fingerprint density at radius 2 is 1.69 bits per heavy atom. The standard InChI is InChI=1S/C35H19N5OSe/c1-37-30(21-36)33-27-19-24-10-4-5-11-29(24)39-34(27)35(41)28(33)20-26-15-16-32(42-26)40(31-12-6-7-17-38-31)25-14-13-22-8-2-3-9-23(22)18-25/h2-20H/b28-20+,33-30-. The molecule has 0 atom stereocenters. The summed E-state index contributed by atoms with van der Waals surface area (Å²) in [4.78, 5) is 28.6. The summed E-state index contributed by atoms with van der Waals surface area (Å²) in [6.07, 6.45) is 3.60. The van der Waals surface area contributed by atoms with E-state index in [4.69, 9.17) is 6.57 Å². The van der Waals surface area contributed by atoms with Crippen LogP contribution in [-0.2, 0) is 0 Å². The van der Waals surface area contributed by atoms with Gasteiger partial charge < -0.3 is 0 Å². The summed E-state index contributed by atoms with van der Waals surface area (Å²) in [6, 6.07) is 35.9. The molecule has 7 heteroatoms. The van der Waals surface area contributed by atoms with Crippen molar-refractivity contribution in [3.8, 4) is 6.07 Å². The van der Waals surface area contributed by atoms with Crippen LogP contribution in [0.2, 0.25) is 0 Å². The van der Waals surface area contributed by atoms with E-state index in [1.54, 1.807) is 6.20 Å². The van der Waals surface area contributed by atoms with Crippen molar-refractivity contribution in [2.75, 3.05) is 4.90 Å². The number of ketones is 1. The van der Waals surface area contributed by atoms with E-state index in [1.165, 1.54) is 0 Å². The second-order valence-electron chi connectivity index (χ2n) is 9.64. The van der Waals surface area contributed by atoms with Crippen molar-refractivity contribution in [2.45, 2.75) is 0 Å². The molecule has 0 unspecified atom stereocenters. The Morgan fingerprint density at radius 3 is 2.48 bits per heavy atom. The third-order valence-electron chi connectivity index (χ3n) is 7.17. The summed E-state index contributed by atoms with van der Waals surface area (Å²) in [5, 5.41) is 13.0. The Hall–Kier alpha value is -5.59. The first-order valence-corrected chi connectivity index (χ1v) is 14.8. The zero-order valence-corrected chi connectivity index (χ0v) is 23.7. The Labute approximate surface area is 247 Å². The fourth-order valence-electron chi connectivity index (χ4n) is 5.25. The van der Waals surface area contributed by atoms with Gasteiger partial charge in [0.2, 0.25) is 0 Å². The topological polar surface area (TPSA) is 74.2 Å². The van der Waals surface area contributed by atoms with Crippen LogP contribution in [0.25, 0.3) is 38.2 Å². The van der Waals surface area contributed by atoms with Gasteiger partial charge in [-0.1, -0.05) is 0 Å². The fourth-order valence-corrected chi connectivity index (χ4v) is 7.31. The molecule has 0 saturated carbocycles. The summed E-state index contributed by atoms with van der Waals surface area (Å²) in [5.74, 6) is 0.521. The number of allylic oxidation sites excluding steroid dienone is 3. The number of rotatable bonds is 4. The number of benzene rings is 3. The number of aromatic nitrogens is 2. The van der Waals surface area contributed by atoms with Crippen LogP contribution in [0.5, 0.6) is 0 Å². The molecule has 0 spiro atoms. The van der Waals surface area contributed by atoms with Crippen LogP contribution < -0.4 is 4.90 Å². The normalized spacial score (nSPS) is 14.5. The first kappa shape index (κ1) is 25.4. The number of carbonyl (C=O) groups excluding carboxylic acids is 1. The number of hydrogen-bond donors (Lipinski definition) is 0. The van der Waals surface area contributed by atoms with Crippen LogP contribution in [-0.4, -0.2) is 30.3 Å². The molecule has 1 aliphatic rings. The predicted molar refractivity (Wildman–Crippen MR) is 167 cm³/mol. The number of Topliss-reactive ketones (excluding diaryl/α,β-unsaturated/α-hetero) is 1. The third-order valence-corrected chi connectivity index (χ3v) is 9.30. The first-order chi connectivity index (χ1) is 20.6. The Balaban J connectivity index is 1.36. The van der Waals surface area contributed by atoms with Crippen LogP contribution >= 0.6 is 0 Å². The molecule has 0 bridgehead atoms. The van der Waals surface area contributed by atoms with Crippen LogP contribution in [0.4, 0.5) is 16.1 Å². The van der Waals surface area contributed by atoms with Crippen LogP contribution in [0.1, 0.15) is 20.5 Å². The Bertz CT molecular complexity index is 2180. The van der Waals surface area contributed by atoms with Gasteiger partial charge in [0.1, 0.15) is 0 Å². The molecule has 0 aliphatic heterocycles. The van der Waals surface area contributed by atoms with Crippen molar-refractivity contribution >= 4 is 69.7 Å². The average molecular weight is 605 g/mol. The van der Waals surface area contributed by atoms with Gasteiger partial charge in [-0.2, -0.15) is 0 Å². The second-order valence-corrected chi connectivity index (χ2v) is 11.9. The zero-order valence-electron chi connectivity index (χ0n) is 22.0. The Morgan fingerprint density at radius 1 is 0.905 bits per heavy atom. The summed E-state index contributed by atoms with van der Waals surface area (Å²) in [6.45, 7) is 7.66. The maximum absolute atomic E-state index is 13.7. The van der Waals surface area contributed by atoms with Crippen molar-refractivity contribution in [3.05, 3.63) is 148 Å². The van der Waals surface area contributed by atoms with Gasteiger partial charge in [0.25, 0.3) is 0 Å². The zero-order chi connectivity index (χ0) is 28.6. The van der Waals surface area contributed by atoms with Crippen molar-refractivity contribution < 1.29 is 4.79 Å². The van der Waals surface area contributed by atoms with E-state index < -0.39 is 0 Å². The minimum absolute atomic E-state index is 0.115. The molecule has 6 aromatic rings. The molecule has 196 valence electrons. The van der Waals surface area contributed by atoms with Gasteiger partial charge in [-0.05, 0) is 0 Å². The molecular formula is C35H19N5OSe. The van der Waals surface area contributed by atoms with Gasteiger partial charge in [-0.25, -0.2) is 0 Å². The van der Waals surface area contributed by atoms with E-state index in [2.05, 4.69) is 56.1 Å². The average Bonchev–Trinajstić information content (AvgIpc) is 3.60. The number of nitrogens with zero attached hydrogens (tertiary/aromatic N) is 5. The molecule has 1 aliphatic carbocycles. The van der Waals surface area contributed by atoms with E-state index >= 15 is 0 Å². The monoisotopic (exact) mass is 605 g/mol. The number of anilines is 3. The van der Waals surface area contributed by atoms with E-state index in [0.29, 0.717) is 22.2 Å². The van der Waals surface area contributed by atoms with Crippen LogP contribution in [0, 0.1) is 17.9 Å². The molecule has 0 saturated heterocycles. The van der Waals surface area contributed by atoms with Crippen LogP contribution in [0.3, 0.4) is 0 Å². The molecule has 0 radical (unpaired) electrons. The predicted octanol–water partition coefficient (Wildman–Crippen LogP) is 7.74. The first-order valence-electron chi connectivity index (χ1n) is 13.1. The van der Waals surface area contributed by atoms with Crippen molar-refractivity contribution in [3.63, 3.8) is 0 Å². The van der Waals surface area contributed by atoms with Gasteiger partial charge in [0, 0.05) is 0 Å². The van der Waals surface area contributed by atoms with Gasteiger partial charge in [-0.15, -0.1) is 0 Å². The number of pyridine rings is 2. The minimum atomic E-state index is -0.275. The number of fused-ring (bicyclic) bond motifs is 3. The van der Waals surface area contributed by atoms with Gasteiger partial charge in [0.15, 0.2) is 0 Å². The number of carbonyl (C=O) groups is 1. The van der Waals surface area contributed by atoms with E-state index in [-0.39, 0.29) is 31.7 Å². The molecule has 6 nitrogen and oxygen atoms in total. The SMILES string of the molecule is [C-]#[N+]/C(C#N)=C1\C(=C/c2ccc(N(c3ccc4ccccc4c3)c3ccccn3)[se]2)C(=O)c2nc3ccccc3cc21. The molecule has 7 rings (SSSR count). The van der Waals surface area contributed by atoms with Gasteiger partial charge in [-0.3, -0.25) is 0 Å². The maximum atomic E-state index is 13.7. The fraction of sp³-hybridized carbons (Fsp3) is 0. The number of para-hydroxylation sites is 1. The molecular weight excluding hydrogens is 585 g/mol.